The Kier molecular flexibility index (Phi) is 6.40. The van der Waals surface area contributed by atoms with E-state index in [-0.39, 0.29) is 11.8 Å². The number of rotatable bonds is 8. The molecule has 0 heterocycles. The second kappa shape index (κ2) is 7.81. The van der Waals surface area contributed by atoms with Crippen LogP contribution in [0.3, 0.4) is 0 Å². The zero-order valence-electron chi connectivity index (χ0n) is 13.1. The van der Waals surface area contributed by atoms with Crippen molar-refractivity contribution < 1.29 is 14.7 Å². The van der Waals surface area contributed by atoms with Gasteiger partial charge in [0.2, 0.25) is 5.91 Å². The molecule has 0 bridgehead atoms. The minimum atomic E-state index is -1.18. The second-order valence-electron chi connectivity index (χ2n) is 5.66. The highest BCUT2D eigenvalue weighted by atomic mass is 16.4. The lowest BCUT2D eigenvalue weighted by atomic mass is 9.91. The third-order valence-electron chi connectivity index (χ3n) is 3.83. The number of amides is 1. The van der Waals surface area contributed by atoms with E-state index in [0.717, 1.165) is 12.0 Å². The van der Waals surface area contributed by atoms with E-state index in [9.17, 15) is 14.7 Å². The van der Waals surface area contributed by atoms with E-state index in [1.54, 1.807) is 6.92 Å². The normalized spacial score (nSPS) is 15.0. The van der Waals surface area contributed by atoms with Crippen molar-refractivity contribution in [1.82, 2.24) is 5.32 Å². The van der Waals surface area contributed by atoms with Crippen LogP contribution in [-0.2, 0) is 9.59 Å². The van der Waals surface area contributed by atoms with Gasteiger partial charge in [-0.05, 0) is 31.2 Å². The molecule has 2 unspecified atom stereocenters. The van der Waals surface area contributed by atoms with Crippen LogP contribution in [0.4, 0.5) is 0 Å². The van der Waals surface area contributed by atoms with Crippen molar-refractivity contribution in [3.63, 3.8) is 0 Å². The molecule has 0 radical (unpaired) electrons. The Morgan fingerprint density at radius 1 is 1.24 bits per heavy atom. The van der Waals surface area contributed by atoms with Crippen LogP contribution < -0.4 is 5.32 Å². The van der Waals surface area contributed by atoms with Crippen LogP contribution in [-0.4, -0.2) is 22.5 Å². The molecule has 4 nitrogen and oxygen atoms in total. The van der Waals surface area contributed by atoms with Crippen molar-refractivity contribution in [3.8, 4) is 0 Å². The maximum Gasteiger partial charge on any atom is 0.329 e. The van der Waals surface area contributed by atoms with E-state index in [1.807, 2.05) is 44.2 Å². The summed E-state index contributed by atoms with van der Waals surface area (Å²) >= 11 is 0. The average Bonchev–Trinajstić information content (AvgIpc) is 2.45. The third kappa shape index (κ3) is 4.88. The zero-order valence-corrected chi connectivity index (χ0v) is 13.1. The van der Waals surface area contributed by atoms with Gasteiger partial charge in [0.1, 0.15) is 5.54 Å². The van der Waals surface area contributed by atoms with Crippen LogP contribution in [0.2, 0.25) is 0 Å². The van der Waals surface area contributed by atoms with Crippen molar-refractivity contribution in [3.05, 3.63) is 35.9 Å². The molecule has 1 amide bonds. The summed E-state index contributed by atoms with van der Waals surface area (Å²) in [6, 6.07) is 9.86. The molecular weight excluding hydrogens is 266 g/mol. The highest BCUT2D eigenvalue weighted by molar-refractivity contribution is 5.86. The van der Waals surface area contributed by atoms with E-state index >= 15 is 0 Å². The van der Waals surface area contributed by atoms with Gasteiger partial charge in [0.05, 0.1) is 0 Å². The average molecular weight is 291 g/mol. The maximum atomic E-state index is 12.2. The molecule has 0 aliphatic carbocycles. The monoisotopic (exact) mass is 291 g/mol. The molecule has 0 spiro atoms. The highest BCUT2D eigenvalue weighted by Crippen LogP contribution is 2.23. The van der Waals surface area contributed by atoms with Gasteiger partial charge in [0.25, 0.3) is 0 Å². The van der Waals surface area contributed by atoms with Gasteiger partial charge in [-0.3, -0.25) is 4.79 Å². The summed E-state index contributed by atoms with van der Waals surface area (Å²) < 4.78 is 0. The van der Waals surface area contributed by atoms with Gasteiger partial charge in [-0.1, -0.05) is 50.6 Å². The molecule has 0 aliphatic heterocycles. The number of benzene rings is 1. The van der Waals surface area contributed by atoms with E-state index in [1.165, 1.54) is 0 Å². The summed E-state index contributed by atoms with van der Waals surface area (Å²) in [7, 11) is 0. The van der Waals surface area contributed by atoms with Gasteiger partial charge in [-0.15, -0.1) is 0 Å². The highest BCUT2D eigenvalue weighted by Gasteiger charge is 2.34. The van der Waals surface area contributed by atoms with Gasteiger partial charge in [0, 0.05) is 6.42 Å². The number of aliphatic carboxylic acids is 1. The number of carbonyl (C=O) groups excluding carboxylic acids is 1. The molecule has 0 fully saturated rings. The molecular formula is C17H25NO3. The Morgan fingerprint density at radius 3 is 2.33 bits per heavy atom. The summed E-state index contributed by atoms with van der Waals surface area (Å²) in [5, 5.41) is 12.0. The maximum absolute atomic E-state index is 12.2. The Labute approximate surface area is 126 Å². The molecule has 1 aromatic rings. The van der Waals surface area contributed by atoms with E-state index in [0.29, 0.717) is 19.3 Å². The van der Waals surface area contributed by atoms with Crippen LogP contribution in [0.1, 0.15) is 57.9 Å². The van der Waals surface area contributed by atoms with E-state index in [2.05, 4.69) is 5.32 Å². The van der Waals surface area contributed by atoms with Crippen molar-refractivity contribution >= 4 is 11.9 Å². The fraction of sp³-hybridized carbons (Fsp3) is 0.529. The van der Waals surface area contributed by atoms with Crippen molar-refractivity contribution in [2.45, 2.75) is 57.9 Å². The van der Waals surface area contributed by atoms with Gasteiger partial charge < -0.3 is 10.4 Å². The largest absolute Gasteiger partial charge is 0.480 e. The number of carboxylic acids is 1. The lowest BCUT2D eigenvalue weighted by Crippen LogP contribution is -2.52. The van der Waals surface area contributed by atoms with Crippen molar-refractivity contribution in [1.29, 1.82) is 0 Å². The van der Waals surface area contributed by atoms with Crippen LogP contribution in [0.25, 0.3) is 0 Å². The molecule has 1 aromatic carbocycles. The molecule has 2 atom stereocenters. The standard InChI is InChI=1S/C17H25NO3/c1-4-11-17(3,16(20)21)18-15(19)12-13(5-2)14-9-7-6-8-10-14/h6-10,13H,4-5,11-12H2,1-3H3,(H,18,19)(H,20,21). The minimum Gasteiger partial charge on any atom is -0.480 e. The number of hydrogen-bond donors (Lipinski definition) is 2. The minimum absolute atomic E-state index is 0.117. The van der Waals surface area contributed by atoms with Crippen LogP contribution >= 0.6 is 0 Å². The van der Waals surface area contributed by atoms with Gasteiger partial charge in [-0.2, -0.15) is 0 Å². The molecule has 0 aromatic heterocycles. The van der Waals surface area contributed by atoms with Gasteiger partial charge in [-0.25, -0.2) is 4.79 Å². The number of nitrogens with one attached hydrogen (secondary N) is 1. The van der Waals surface area contributed by atoms with Gasteiger partial charge >= 0.3 is 5.97 Å². The first-order valence-corrected chi connectivity index (χ1v) is 7.52. The number of carboxylic acid groups (broad SMARTS) is 1. The van der Waals surface area contributed by atoms with Crippen LogP contribution in [0.15, 0.2) is 30.3 Å². The van der Waals surface area contributed by atoms with Crippen LogP contribution in [0.5, 0.6) is 0 Å². The number of carbonyl (C=O) groups is 2. The first kappa shape index (κ1) is 17.2. The fourth-order valence-corrected chi connectivity index (χ4v) is 2.53. The Balaban J connectivity index is 2.73. The van der Waals surface area contributed by atoms with E-state index in [4.69, 9.17) is 0 Å². The first-order valence-electron chi connectivity index (χ1n) is 7.52. The summed E-state index contributed by atoms with van der Waals surface area (Å²) in [5.41, 5.74) is -0.0662. The molecule has 21 heavy (non-hydrogen) atoms. The van der Waals surface area contributed by atoms with Crippen molar-refractivity contribution in [2.24, 2.45) is 0 Å². The molecule has 0 saturated heterocycles. The number of hydrogen-bond acceptors (Lipinski definition) is 2. The SMILES string of the molecule is CCCC(C)(NC(=O)CC(CC)c1ccccc1)C(=O)O. The van der Waals surface area contributed by atoms with E-state index < -0.39 is 11.5 Å². The van der Waals surface area contributed by atoms with Crippen molar-refractivity contribution in [2.75, 3.05) is 0 Å². The fourth-order valence-electron chi connectivity index (χ4n) is 2.53. The summed E-state index contributed by atoms with van der Waals surface area (Å²) in [6.45, 7) is 5.51. The Hall–Kier alpha value is -1.84. The molecule has 4 heteroatoms. The topological polar surface area (TPSA) is 66.4 Å². The zero-order chi connectivity index (χ0) is 15.9. The second-order valence-corrected chi connectivity index (χ2v) is 5.66. The lowest BCUT2D eigenvalue weighted by molar-refractivity contribution is -0.147. The molecule has 2 N–H and O–H groups in total. The third-order valence-corrected chi connectivity index (χ3v) is 3.83. The summed E-state index contributed by atoms with van der Waals surface area (Å²) in [5.74, 6) is -1.07. The first-order chi connectivity index (χ1) is 9.92. The molecule has 116 valence electrons. The molecule has 0 aliphatic rings. The molecule has 0 saturated carbocycles. The van der Waals surface area contributed by atoms with Crippen LogP contribution in [0, 0.1) is 0 Å². The Morgan fingerprint density at radius 2 is 1.86 bits per heavy atom. The Bertz CT molecular complexity index is 472. The summed E-state index contributed by atoms with van der Waals surface area (Å²) in [4.78, 5) is 23.6. The lowest BCUT2D eigenvalue weighted by Gasteiger charge is -2.27. The quantitative estimate of drug-likeness (QED) is 0.772. The predicted octanol–water partition coefficient (Wildman–Crippen LogP) is 3.33. The van der Waals surface area contributed by atoms with Gasteiger partial charge in [0.15, 0.2) is 0 Å². The molecule has 1 rings (SSSR count). The predicted molar refractivity (Wildman–Crippen MR) is 83.2 cm³/mol. The smallest absolute Gasteiger partial charge is 0.329 e. The summed E-state index contributed by atoms with van der Waals surface area (Å²) in [6.07, 6.45) is 2.29.